The number of anilines is 1. The molecule has 1 saturated heterocycles. The van der Waals surface area contributed by atoms with E-state index in [2.05, 4.69) is 10.2 Å². The number of rotatable bonds is 4. The number of likely N-dealkylation sites (tertiary alicyclic amines) is 1. The molecule has 0 aliphatic carbocycles. The van der Waals surface area contributed by atoms with Crippen LogP contribution in [0.3, 0.4) is 0 Å². The van der Waals surface area contributed by atoms with Gasteiger partial charge in [0.2, 0.25) is 0 Å². The zero-order valence-corrected chi connectivity index (χ0v) is 11.4. The average Bonchev–Trinajstić information content (AvgIpc) is 2.76. The van der Waals surface area contributed by atoms with Crippen LogP contribution in [0.25, 0.3) is 0 Å². The molecule has 0 spiro atoms. The molecule has 0 bridgehead atoms. The van der Waals surface area contributed by atoms with E-state index in [0.717, 1.165) is 25.6 Å². The summed E-state index contributed by atoms with van der Waals surface area (Å²) >= 11 is 0. The normalized spacial score (nSPS) is 19.0. The maximum atomic E-state index is 11.1. The van der Waals surface area contributed by atoms with Crippen molar-refractivity contribution < 1.29 is 14.8 Å². The number of likely N-dealkylation sites (N-methyl/N-ethyl adjacent to an activating group) is 1. The summed E-state index contributed by atoms with van der Waals surface area (Å²) in [5, 5.41) is 23.3. The average molecular weight is 279 g/mol. The SMILES string of the molecule is Cc1c(NC2CCN(C)C2)cc(C(=O)O)cc1[N+](=O)[O-]. The highest BCUT2D eigenvalue weighted by molar-refractivity contribution is 5.90. The number of aromatic carboxylic acids is 1. The monoisotopic (exact) mass is 279 g/mol. The third-order valence-corrected chi connectivity index (χ3v) is 3.57. The first-order chi connectivity index (χ1) is 9.38. The molecule has 1 unspecified atom stereocenters. The van der Waals surface area contributed by atoms with E-state index in [4.69, 9.17) is 5.11 Å². The maximum Gasteiger partial charge on any atom is 0.336 e. The number of hydrogen-bond acceptors (Lipinski definition) is 5. The number of nitrogens with one attached hydrogen (secondary N) is 1. The summed E-state index contributed by atoms with van der Waals surface area (Å²) in [4.78, 5) is 23.7. The van der Waals surface area contributed by atoms with E-state index in [1.54, 1.807) is 6.92 Å². The van der Waals surface area contributed by atoms with Gasteiger partial charge in [-0.2, -0.15) is 0 Å². The Labute approximate surface area is 116 Å². The van der Waals surface area contributed by atoms with Crippen LogP contribution in [0, 0.1) is 17.0 Å². The fourth-order valence-electron chi connectivity index (χ4n) is 2.43. The molecule has 1 fully saturated rings. The lowest BCUT2D eigenvalue weighted by Crippen LogP contribution is -2.24. The molecule has 0 amide bonds. The Morgan fingerprint density at radius 2 is 2.25 bits per heavy atom. The molecule has 1 aromatic rings. The summed E-state index contributed by atoms with van der Waals surface area (Å²) in [5.41, 5.74) is 0.751. The first-order valence-corrected chi connectivity index (χ1v) is 6.36. The number of nitro benzene ring substituents is 1. The molecule has 0 saturated carbocycles. The maximum absolute atomic E-state index is 11.1. The molecule has 1 aliphatic rings. The van der Waals surface area contributed by atoms with Crippen LogP contribution < -0.4 is 5.32 Å². The highest BCUT2D eigenvalue weighted by Crippen LogP contribution is 2.29. The lowest BCUT2D eigenvalue weighted by atomic mass is 10.1. The zero-order valence-electron chi connectivity index (χ0n) is 11.4. The Morgan fingerprint density at radius 3 is 2.75 bits per heavy atom. The molecule has 1 aliphatic heterocycles. The van der Waals surface area contributed by atoms with E-state index in [9.17, 15) is 14.9 Å². The molecule has 108 valence electrons. The van der Waals surface area contributed by atoms with Crippen LogP contribution in [0.2, 0.25) is 0 Å². The van der Waals surface area contributed by atoms with Crippen molar-refractivity contribution in [3.8, 4) is 0 Å². The van der Waals surface area contributed by atoms with Gasteiger partial charge in [0.05, 0.1) is 10.5 Å². The second-order valence-electron chi connectivity index (χ2n) is 5.12. The van der Waals surface area contributed by atoms with Crippen LogP contribution in [0.1, 0.15) is 22.3 Å². The van der Waals surface area contributed by atoms with Crippen molar-refractivity contribution in [2.45, 2.75) is 19.4 Å². The number of carboxylic acids is 1. The number of carboxylic acid groups (broad SMARTS) is 1. The zero-order chi connectivity index (χ0) is 14.9. The molecule has 0 radical (unpaired) electrons. The number of nitro groups is 1. The number of nitrogens with zero attached hydrogens (tertiary/aromatic N) is 2. The number of hydrogen-bond donors (Lipinski definition) is 2. The van der Waals surface area contributed by atoms with Crippen molar-refractivity contribution in [3.05, 3.63) is 33.4 Å². The fraction of sp³-hybridized carbons (Fsp3) is 0.462. The van der Waals surface area contributed by atoms with Crippen molar-refractivity contribution in [3.63, 3.8) is 0 Å². The Bertz CT molecular complexity index is 559. The molecule has 1 heterocycles. The van der Waals surface area contributed by atoms with Gasteiger partial charge in [0.25, 0.3) is 5.69 Å². The van der Waals surface area contributed by atoms with Gasteiger partial charge in [0.15, 0.2) is 0 Å². The van der Waals surface area contributed by atoms with Crippen molar-refractivity contribution in [1.82, 2.24) is 4.90 Å². The molecule has 1 aromatic carbocycles. The second kappa shape index (κ2) is 5.46. The summed E-state index contributed by atoms with van der Waals surface area (Å²) in [6.45, 7) is 3.42. The van der Waals surface area contributed by atoms with Crippen molar-refractivity contribution in [1.29, 1.82) is 0 Å². The third kappa shape index (κ3) is 2.88. The van der Waals surface area contributed by atoms with E-state index in [1.807, 2.05) is 7.05 Å². The van der Waals surface area contributed by atoms with Gasteiger partial charge in [-0.15, -0.1) is 0 Å². The number of benzene rings is 1. The summed E-state index contributed by atoms with van der Waals surface area (Å²) < 4.78 is 0. The van der Waals surface area contributed by atoms with Crippen LogP contribution in [0.5, 0.6) is 0 Å². The van der Waals surface area contributed by atoms with Gasteiger partial charge >= 0.3 is 5.97 Å². The van der Waals surface area contributed by atoms with Gasteiger partial charge in [-0.3, -0.25) is 10.1 Å². The summed E-state index contributed by atoms with van der Waals surface area (Å²) in [5.74, 6) is -1.17. The van der Waals surface area contributed by atoms with Crippen LogP contribution in [-0.4, -0.2) is 47.1 Å². The van der Waals surface area contributed by atoms with Crippen molar-refractivity contribution >= 4 is 17.3 Å². The van der Waals surface area contributed by atoms with Crippen molar-refractivity contribution in [2.75, 3.05) is 25.5 Å². The van der Waals surface area contributed by atoms with Crippen molar-refractivity contribution in [2.24, 2.45) is 0 Å². The molecule has 7 nitrogen and oxygen atoms in total. The van der Waals surface area contributed by atoms with Gasteiger partial charge in [0.1, 0.15) is 0 Å². The van der Waals surface area contributed by atoms with Gasteiger partial charge in [-0.25, -0.2) is 4.79 Å². The minimum Gasteiger partial charge on any atom is -0.478 e. The van der Waals surface area contributed by atoms with E-state index in [-0.39, 0.29) is 17.3 Å². The quantitative estimate of drug-likeness (QED) is 0.643. The third-order valence-electron chi connectivity index (χ3n) is 3.57. The molecule has 20 heavy (non-hydrogen) atoms. The summed E-state index contributed by atoms with van der Waals surface area (Å²) in [6, 6.07) is 2.74. The Hall–Kier alpha value is -2.15. The van der Waals surface area contributed by atoms with E-state index in [0.29, 0.717) is 11.3 Å². The minimum absolute atomic E-state index is 0.0730. The molecule has 7 heteroatoms. The molecule has 2 rings (SSSR count). The summed E-state index contributed by atoms with van der Waals surface area (Å²) in [7, 11) is 2.00. The predicted molar refractivity (Wildman–Crippen MR) is 74.3 cm³/mol. The minimum atomic E-state index is -1.17. The highest BCUT2D eigenvalue weighted by Gasteiger charge is 2.23. The largest absolute Gasteiger partial charge is 0.478 e. The van der Waals surface area contributed by atoms with Gasteiger partial charge in [-0.05, 0) is 33.0 Å². The Kier molecular flexibility index (Phi) is 3.89. The lowest BCUT2D eigenvalue weighted by molar-refractivity contribution is -0.385. The first kappa shape index (κ1) is 14.3. The van der Waals surface area contributed by atoms with Crippen LogP contribution in [0.4, 0.5) is 11.4 Å². The van der Waals surface area contributed by atoms with Crippen LogP contribution >= 0.6 is 0 Å². The van der Waals surface area contributed by atoms with E-state index < -0.39 is 10.9 Å². The smallest absolute Gasteiger partial charge is 0.336 e. The molecule has 0 aromatic heterocycles. The van der Waals surface area contributed by atoms with E-state index >= 15 is 0 Å². The van der Waals surface area contributed by atoms with Gasteiger partial charge in [0, 0.05) is 29.9 Å². The fourth-order valence-corrected chi connectivity index (χ4v) is 2.43. The van der Waals surface area contributed by atoms with Crippen LogP contribution in [-0.2, 0) is 0 Å². The molecular weight excluding hydrogens is 262 g/mol. The van der Waals surface area contributed by atoms with Gasteiger partial charge < -0.3 is 15.3 Å². The highest BCUT2D eigenvalue weighted by atomic mass is 16.6. The Morgan fingerprint density at radius 1 is 1.55 bits per heavy atom. The topological polar surface area (TPSA) is 95.7 Å². The Balaban J connectivity index is 2.35. The number of carbonyl (C=O) groups is 1. The van der Waals surface area contributed by atoms with Gasteiger partial charge in [-0.1, -0.05) is 0 Å². The molecule has 1 atom stereocenters. The molecular formula is C13H17N3O4. The molecule has 2 N–H and O–H groups in total. The summed E-state index contributed by atoms with van der Waals surface area (Å²) in [6.07, 6.45) is 0.932. The second-order valence-corrected chi connectivity index (χ2v) is 5.12. The predicted octanol–water partition coefficient (Wildman–Crippen LogP) is 1.72. The van der Waals surface area contributed by atoms with E-state index in [1.165, 1.54) is 6.07 Å². The first-order valence-electron chi connectivity index (χ1n) is 6.36. The lowest BCUT2D eigenvalue weighted by Gasteiger charge is -2.16. The van der Waals surface area contributed by atoms with Crippen LogP contribution in [0.15, 0.2) is 12.1 Å². The standard InChI is InChI=1S/C13H17N3O4/c1-8-11(14-10-3-4-15(2)7-10)5-9(13(17)18)6-12(8)16(19)20/h5-6,10,14H,3-4,7H2,1-2H3,(H,17,18).